The monoisotopic (exact) mass is 314 g/mol. The van der Waals surface area contributed by atoms with E-state index >= 15 is 0 Å². The number of hydrogen-bond donors (Lipinski definition) is 0. The number of fused-ring (bicyclic) bond motifs is 1. The van der Waals surface area contributed by atoms with Crippen molar-refractivity contribution in [2.75, 3.05) is 31.3 Å². The van der Waals surface area contributed by atoms with Crippen LogP contribution in [0.3, 0.4) is 0 Å². The van der Waals surface area contributed by atoms with E-state index in [0.717, 1.165) is 24.3 Å². The number of nitrogens with zero attached hydrogens (tertiary/aromatic N) is 2. The third-order valence-electron chi connectivity index (χ3n) is 4.30. The highest BCUT2D eigenvalue weighted by Crippen LogP contribution is 2.36. The lowest BCUT2D eigenvalue weighted by molar-refractivity contribution is -0.137. The maximum absolute atomic E-state index is 12.8. The number of likely N-dealkylation sites (tertiary alicyclic amines) is 1. The third-order valence-corrected chi connectivity index (χ3v) is 4.30. The lowest BCUT2D eigenvalue weighted by Crippen LogP contribution is -2.42. The zero-order chi connectivity index (χ0) is 16.2. The largest absolute Gasteiger partial charge is 0.463 e. The van der Waals surface area contributed by atoms with Crippen molar-refractivity contribution in [3.8, 4) is 0 Å². The van der Waals surface area contributed by atoms with Crippen molar-refractivity contribution < 1.29 is 14.3 Å². The molecule has 2 aliphatic heterocycles. The Kier molecular flexibility index (Phi) is 4.76. The first-order chi connectivity index (χ1) is 11.2. The van der Waals surface area contributed by atoms with Crippen LogP contribution in [-0.4, -0.2) is 43.1 Å². The van der Waals surface area contributed by atoms with Gasteiger partial charge in [-0.2, -0.15) is 0 Å². The minimum absolute atomic E-state index is 0.121. The number of rotatable bonds is 4. The molecule has 0 aliphatic carbocycles. The normalized spacial score (nSPS) is 20.0. The van der Waals surface area contributed by atoms with E-state index in [0.29, 0.717) is 18.8 Å². The zero-order valence-corrected chi connectivity index (χ0v) is 13.5. The number of amides is 1. The van der Waals surface area contributed by atoms with Gasteiger partial charge in [0.15, 0.2) is 0 Å². The summed E-state index contributed by atoms with van der Waals surface area (Å²) >= 11 is 0. The highest BCUT2D eigenvalue weighted by atomic mass is 16.5. The molecule has 2 heterocycles. The van der Waals surface area contributed by atoms with Crippen LogP contribution in [0.1, 0.15) is 31.7 Å². The fraction of sp³-hybridized carbons (Fsp3) is 0.444. The van der Waals surface area contributed by atoms with Crippen molar-refractivity contribution in [1.82, 2.24) is 4.90 Å². The number of esters is 1. The number of carbonyl (C=O) groups excluding carboxylic acids is 2. The van der Waals surface area contributed by atoms with E-state index in [1.807, 2.05) is 24.3 Å². The van der Waals surface area contributed by atoms with E-state index in [-0.39, 0.29) is 5.91 Å². The predicted octanol–water partition coefficient (Wildman–Crippen LogP) is 2.42. The van der Waals surface area contributed by atoms with E-state index in [9.17, 15) is 9.59 Å². The fourth-order valence-corrected chi connectivity index (χ4v) is 3.19. The standard InChI is InChI=1S/C18H22N2O3/c1-2-23-17(21)12-15-14-8-4-5-9-16(14)20(18(15)22)13-19-10-6-3-7-11-19/h4-5,8-9,12H,2-3,6-7,10-11,13H2,1H3/b15-12+. The highest BCUT2D eigenvalue weighted by Gasteiger charge is 2.33. The Hall–Kier alpha value is -2.14. The molecule has 0 atom stereocenters. The van der Waals surface area contributed by atoms with E-state index in [1.54, 1.807) is 11.8 Å². The molecule has 1 fully saturated rings. The van der Waals surface area contributed by atoms with Crippen LogP contribution in [-0.2, 0) is 14.3 Å². The molecule has 5 nitrogen and oxygen atoms in total. The van der Waals surface area contributed by atoms with Crippen molar-refractivity contribution in [2.24, 2.45) is 0 Å². The molecule has 0 N–H and O–H groups in total. The van der Waals surface area contributed by atoms with Gasteiger partial charge in [-0.15, -0.1) is 0 Å². The first kappa shape index (κ1) is 15.7. The molecular weight excluding hydrogens is 292 g/mol. The minimum Gasteiger partial charge on any atom is -0.463 e. The lowest BCUT2D eigenvalue weighted by Gasteiger charge is -2.30. The highest BCUT2D eigenvalue weighted by molar-refractivity contribution is 6.34. The van der Waals surface area contributed by atoms with E-state index in [1.165, 1.54) is 25.3 Å². The Morgan fingerprint density at radius 3 is 2.70 bits per heavy atom. The molecule has 122 valence electrons. The second kappa shape index (κ2) is 6.96. The smallest absolute Gasteiger partial charge is 0.331 e. The number of hydrogen-bond acceptors (Lipinski definition) is 4. The number of anilines is 1. The molecule has 2 aliphatic rings. The summed E-state index contributed by atoms with van der Waals surface area (Å²) < 4.78 is 4.96. The zero-order valence-electron chi connectivity index (χ0n) is 13.5. The van der Waals surface area contributed by atoms with Crippen LogP contribution in [0.25, 0.3) is 5.57 Å². The van der Waals surface area contributed by atoms with Crippen LogP contribution >= 0.6 is 0 Å². The van der Waals surface area contributed by atoms with Gasteiger partial charge in [0.1, 0.15) is 0 Å². The van der Waals surface area contributed by atoms with E-state index in [4.69, 9.17) is 4.74 Å². The van der Waals surface area contributed by atoms with Crippen LogP contribution in [0.2, 0.25) is 0 Å². The summed E-state index contributed by atoms with van der Waals surface area (Å²) in [5, 5.41) is 0. The third kappa shape index (κ3) is 3.29. The molecule has 0 aromatic heterocycles. The van der Waals surface area contributed by atoms with Crippen molar-refractivity contribution >= 4 is 23.1 Å². The first-order valence-electron chi connectivity index (χ1n) is 8.22. The fourth-order valence-electron chi connectivity index (χ4n) is 3.19. The molecule has 0 bridgehead atoms. The molecule has 1 saturated heterocycles. The first-order valence-corrected chi connectivity index (χ1v) is 8.22. The number of piperidine rings is 1. The maximum Gasteiger partial charge on any atom is 0.331 e. The van der Waals surface area contributed by atoms with Gasteiger partial charge in [-0.1, -0.05) is 24.6 Å². The summed E-state index contributed by atoms with van der Waals surface area (Å²) in [6.07, 6.45) is 4.93. The molecule has 3 rings (SSSR count). The average Bonchev–Trinajstić information content (AvgIpc) is 2.82. The van der Waals surface area contributed by atoms with Crippen molar-refractivity contribution in [1.29, 1.82) is 0 Å². The van der Waals surface area contributed by atoms with Crippen molar-refractivity contribution in [3.05, 3.63) is 35.9 Å². The van der Waals surface area contributed by atoms with Gasteiger partial charge in [-0.3, -0.25) is 14.6 Å². The van der Waals surface area contributed by atoms with Gasteiger partial charge in [0, 0.05) is 11.6 Å². The Labute approximate surface area is 136 Å². The van der Waals surface area contributed by atoms with Crippen LogP contribution in [0.4, 0.5) is 5.69 Å². The van der Waals surface area contributed by atoms with Crippen LogP contribution in [0.5, 0.6) is 0 Å². The second-order valence-electron chi connectivity index (χ2n) is 5.88. The van der Waals surface area contributed by atoms with Gasteiger partial charge < -0.3 is 4.74 Å². The van der Waals surface area contributed by atoms with Gasteiger partial charge >= 0.3 is 5.97 Å². The second-order valence-corrected chi connectivity index (χ2v) is 5.88. The Bertz CT molecular complexity index is 633. The topological polar surface area (TPSA) is 49.9 Å². The van der Waals surface area contributed by atoms with Gasteiger partial charge in [0.05, 0.1) is 24.5 Å². The molecule has 0 spiro atoms. The Morgan fingerprint density at radius 2 is 1.96 bits per heavy atom. The van der Waals surface area contributed by atoms with Gasteiger partial charge in [-0.05, 0) is 38.9 Å². The number of carbonyl (C=O) groups is 2. The quantitative estimate of drug-likeness (QED) is 0.632. The van der Waals surface area contributed by atoms with Gasteiger partial charge in [-0.25, -0.2) is 4.79 Å². The summed E-state index contributed by atoms with van der Waals surface area (Å²) in [5.41, 5.74) is 2.11. The molecule has 1 aromatic carbocycles. The summed E-state index contributed by atoms with van der Waals surface area (Å²) in [5.74, 6) is -0.588. The number of para-hydroxylation sites is 1. The van der Waals surface area contributed by atoms with Crippen LogP contribution in [0.15, 0.2) is 30.3 Å². The minimum atomic E-state index is -0.467. The molecule has 5 heteroatoms. The molecule has 23 heavy (non-hydrogen) atoms. The molecule has 1 amide bonds. The summed E-state index contributed by atoms with van der Waals surface area (Å²) in [6.45, 7) is 4.67. The number of ether oxygens (including phenoxy) is 1. The molecule has 0 saturated carbocycles. The molecule has 0 unspecified atom stereocenters. The van der Waals surface area contributed by atoms with Gasteiger partial charge in [0.2, 0.25) is 0 Å². The van der Waals surface area contributed by atoms with E-state index in [2.05, 4.69) is 4.90 Å². The average molecular weight is 314 g/mol. The molecule has 0 radical (unpaired) electrons. The maximum atomic E-state index is 12.8. The number of benzene rings is 1. The Balaban J connectivity index is 1.87. The predicted molar refractivity (Wildman–Crippen MR) is 88.8 cm³/mol. The van der Waals surface area contributed by atoms with E-state index < -0.39 is 5.97 Å². The van der Waals surface area contributed by atoms with Gasteiger partial charge in [0.25, 0.3) is 5.91 Å². The van der Waals surface area contributed by atoms with Crippen LogP contribution < -0.4 is 4.90 Å². The van der Waals surface area contributed by atoms with Crippen molar-refractivity contribution in [2.45, 2.75) is 26.2 Å². The SMILES string of the molecule is CCOC(=O)/C=C1/C(=O)N(CN2CCCCC2)c2ccccc21. The molecular formula is C18H22N2O3. The Morgan fingerprint density at radius 1 is 1.22 bits per heavy atom. The lowest BCUT2D eigenvalue weighted by atomic mass is 10.1. The summed E-state index contributed by atoms with van der Waals surface area (Å²) in [7, 11) is 0. The summed E-state index contributed by atoms with van der Waals surface area (Å²) in [4.78, 5) is 28.6. The van der Waals surface area contributed by atoms with Crippen molar-refractivity contribution in [3.63, 3.8) is 0 Å². The van der Waals surface area contributed by atoms with Crippen LogP contribution in [0, 0.1) is 0 Å². The summed E-state index contributed by atoms with van der Waals surface area (Å²) in [6, 6.07) is 7.62. The molecule has 1 aromatic rings.